The molecule has 0 fully saturated rings. The largest absolute Gasteiger partial charge is 0.458 e. The van der Waals surface area contributed by atoms with E-state index in [0.717, 1.165) is 6.29 Å². The van der Waals surface area contributed by atoms with Gasteiger partial charge in [0.05, 0.1) is 0 Å². The molecule has 0 bridgehead atoms. The van der Waals surface area contributed by atoms with Crippen molar-refractivity contribution in [2.75, 3.05) is 0 Å². The molecule has 0 saturated carbocycles. The van der Waals surface area contributed by atoms with Gasteiger partial charge in [0.15, 0.2) is 12.0 Å². The number of rotatable bonds is 4. The van der Waals surface area contributed by atoms with Crippen molar-refractivity contribution in [2.24, 2.45) is 0 Å². The molecule has 0 aromatic carbocycles. The van der Waals surface area contributed by atoms with Gasteiger partial charge >= 0.3 is 0 Å². The fraction of sp³-hybridized carbons (Fsp3) is 0.333. The molecule has 1 aromatic heterocycles. The van der Waals surface area contributed by atoms with E-state index < -0.39 is 0 Å². The Bertz CT molecular complexity index is 275. The fourth-order valence-electron chi connectivity index (χ4n) is 0.957. The molecule has 3 nitrogen and oxygen atoms in total. The maximum atomic E-state index is 10.2. The van der Waals surface area contributed by atoms with Gasteiger partial charge in [-0.05, 0) is 12.1 Å². The first-order valence-electron chi connectivity index (χ1n) is 3.76. The number of hydrogen-bond acceptors (Lipinski definition) is 3. The van der Waals surface area contributed by atoms with Crippen LogP contribution in [0.4, 0.5) is 0 Å². The highest BCUT2D eigenvalue weighted by molar-refractivity contribution is 5.70. The third-order valence-electron chi connectivity index (χ3n) is 1.70. The van der Waals surface area contributed by atoms with Gasteiger partial charge in [-0.2, -0.15) is 0 Å². The summed E-state index contributed by atoms with van der Waals surface area (Å²) in [5.41, 5.74) is 0. The van der Waals surface area contributed by atoms with Crippen molar-refractivity contribution < 1.29 is 14.0 Å². The molecule has 0 aliphatic heterocycles. The van der Waals surface area contributed by atoms with Gasteiger partial charge < -0.3 is 9.21 Å². The van der Waals surface area contributed by atoms with Crippen LogP contribution >= 0.6 is 0 Å². The first-order chi connectivity index (χ1) is 5.77. The second-order valence-electron chi connectivity index (χ2n) is 2.66. The van der Waals surface area contributed by atoms with Crippen LogP contribution < -0.4 is 0 Å². The van der Waals surface area contributed by atoms with E-state index in [4.69, 9.17) is 4.42 Å². The second-order valence-corrected chi connectivity index (χ2v) is 2.66. The molecule has 1 heterocycles. The highest BCUT2D eigenvalue weighted by Gasteiger charge is 2.08. The minimum Gasteiger partial charge on any atom is -0.458 e. The summed E-state index contributed by atoms with van der Waals surface area (Å²) in [5.74, 6) is 1.04. The molecule has 0 aliphatic carbocycles. The monoisotopic (exact) mass is 166 g/mol. The van der Waals surface area contributed by atoms with Crippen LogP contribution in [0.3, 0.4) is 0 Å². The fourth-order valence-corrected chi connectivity index (χ4v) is 0.957. The maximum Gasteiger partial charge on any atom is 0.185 e. The van der Waals surface area contributed by atoms with Crippen LogP contribution in [0, 0.1) is 0 Å². The third-order valence-corrected chi connectivity index (χ3v) is 1.70. The average molecular weight is 166 g/mol. The van der Waals surface area contributed by atoms with Gasteiger partial charge in [0.1, 0.15) is 12.0 Å². The Labute approximate surface area is 70.4 Å². The van der Waals surface area contributed by atoms with Gasteiger partial charge in [0, 0.05) is 12.3 Å². The Kier molecular flexibility index (Phi) is 2.80. The van der Waals surface area contributed by atoms with Crippen molar-refractivity contribution in [3.05, 3.63) is 23.7 Å². The molecule has 64 valence electrons. The Morgan fingerprint density at radius 2 is 2.25 bits per heavy atom. The number of aldehydes is 2. The summed E-state index contributed by atoms with van der Waals surface area (Å²) in [6.07, 6.45) is 1.91. The smallest absolute Gasteiger partial charge is 0.185 e. The maximum absolute atomic E-state index is 10.2. The van der Waals surface area contributed by atoms with Crippen molar-refractivity contribution in [1.82, 2.24) is 0 Å². The highest BCUT2D eigenvalue weighted by atomic mass is 16.3. The summed E-state index contributed by atoms with van der Waals surface area (Å²) in [6.45, 7) is 1.88. The Balaban J connectivity index is 2.73. The molecule has 1 rings (SSSR count). The van der Waals surface area contributed by atoms with Gasteiger partial charge in [-0.15, -0.1) is 0 Å². The number of furan rings is 1. The summed E-state index contributed by atoms with van der Waals surface area (Å²) in [4.78, 5) is 20.4. The number of carbonyl (C=O) groups excluding carboxylic acids is 2. The van der Waals surface area contributed by atoms with E-state index in [9.17, 15) is 9.59 Å². The van der Waals surface area contributed by atoms with Crippen molar-refractivity contribution >= 4 is 12.6 Å². The van der Waals surface area contributed by atoms with Gasteiger partial charge in [-0.3, -0.25) is 4.79 Å². The molecule has 0 radical (unpaired) electrons. The van der Waals surface area contributed by atoms with E-state index in [1.54, 1.807) is 12.1 Å². The molecule has 1 atom stereocenters. The first-order valence-corrected chi connectivity index (χ1v) is 3.76. The van der Waals surface area contributed by atoms with Crippen molar-refractivity contribution in [3.63, 3.8) is 0 Å². The third kappa shape index (κ3) is 1.81. The summed E-state index contributed by atoms with van der Waals surface area (Å²) in [5, 5.41) is 0. The Hall–Kier alpha value is -1.38. The minimum atomic E-state index is 0.0520. The van der Waals surface area contributed by atoms with Gasteiger partial charge in [0.2, 0.25) is 0 Å². The lowest BCUT2D eigenvalue weighted by molar-refractivity contribution is -0.108. The van der Waals surface area contributed by atoms with Crippen molar-refractivity contribution in [1.29, 1.82) is 0 Å². The van der Waals surface area contributed by atoms with Crippen LogP contribution in [0.2, 0.25) is 0 Å². The zero-order chi connectivity index (χ0) is 8.97. The lowest BCUT2D eigenvalue weighted by Crippen LogP contribution is -1.91. The molecule has 0 amide bonds. The van der Waals surface area contributed by atoms with Crippen LogP contribution in [0.25, 0.3) is 0 Å². The molecule has 12 heavy (non-hydrogen) atoms. The molecule has 0 N–H and O–H groups in total. The summed E-state index contributed by atoms with van der Waals surface area (Å²) in [6, 6.07) is 3.32. The quantitative estimate of drug-likeness (QED) is 0.640. The van der Waals surface area contributed by atoms with Gasteiger partial charge in [0.25, 0.3) is 0 Å². The van der Waals surface area contributed by atoms with E-state index in [0.29, 0.717) is 24.2 Å². The molecule has 0 aliphatic rings. The summed E-state index contributed by atoms with van der Waals surface area (Å²) >= 11 is 0. The normalized spacial score (nSPS) is 12.4. The standard InChI is InChI=1S/C9H10O3/c1-7(4-5-10)9-3-2-8(6-11)12-9/h2-3,5-7H,4H2,1H3/t7-/m1/s1. The summed E-state index contributed by atoms with van der Waals surface area (Å²) < 4.78 is 5.12. The molecule has 0 saturated heterocycles. The molecule has 0 spiro atoms. The second kappa shape index (κ2) is 3.85. The van der Waals surface area contributed by atoms with Crippen molar-refractivity contribution in [2.45, 2.75) is 19.3 Å². The van der Waals surface area contributed by atoms with Crippen molar-refractivity contribution in [3.8, 4) is 0 Å². The molecule has 1 aromatic rings. The van der Waals surface area contributed by atoms with E-state index in [1.165, 1.54) is 0 Å². The zero-order valence-corrected chi connectivity index (χ0v) is 6.82. The summed E-state index contributed by atoms with van der Waals surface area (Å²) in [7, 11) is 0. The first kappa shape index (κ1) is 8.71. The Morgan fingerprint density at radius 3 is 2.75 bits per heavy atom. The lowest BCUT2D eigenvalue weighted by Gasteiger charge is -2.01. The molecule has 3 heteroatoms. The van der Waals surface area contributed by atoms with E-state index in [2.05, 4.69) is 0 Å². The average Bonchev–Trinajstić information content (AvgIpc) is 2.52. The van der Waals surface area contributed by atoms with E-state index in [-0.39, 0.29) is 5.92 Å². The van der Waals surface area contributed by atoms with E-state index >= 15 is 0 Å². The Morgan fingerprint density at radius 1 is 1.50 bits per heavy atom. The highest BCUT2D eigenvalue weighted by Crippen LogP contribution is 2.19. The van der Waals surface area contributed by atoms with E-state index in [1.807, 2.05) is 6.92 Å². The molecular weight excluding hydrogens is 156 g/mol. The predicted octanol–water partition coefficient (Wildman–Crippen LogP) is 1.78. The van der Waals surface area contributed by atoms with Crippen LogP contribution in [-0.2, 0) is 4.79 Å². The lowest BCUT2D eigenvalue weighted by atomic mass is 10.1. The predicted molar refractivity (Wildman–Crippen MR) is 43.2 cm³/mol. The van der Waals surface area contributed by atoms with Gasteiger partial charge in [-0.25, -0.2) is 0 Å². The minimum absolute atomic E-state index is 0.0520. The topological polar surface area (TPSA) is 47.3 Å². The SMILES string of the molecule is C[C@H](CC=O)c1ccc(C=O)o1. The van der Waals surface area contributed by atoms with Crippen LogP contribution in [0.5, 0.6) is 0 Å². The van der Waals surface area contributed by atoms with Crippen LogP contribution in [0.1, 0.15) is 35.6 Å². The number of carbonyl (C=O) groups is 2. The molecular formula is C9H10O3. The number of hydrogen-bond donors (Lipinski definition) is 0. The van der Waals surface area contributed by atoms with Gasteiger partial charge in [-0.1, -0.05) is 6.92 Å². The molecule has 0 unspecified atom stereocenters. The van der Waals surface area contributed by atoms with Crippen LogP contribution in [-0.4, -0.2) is 12.6 Å². The zero-order valence-electron chi connectivity index (χ0n) is 6.82. The van der Waals surface area contributed by atoms with Crippen LogP contribution in [0.15, 0.2) is 16.5 Å².